The molecule has 0 saturated carbocycles. The zero-order valence-electron chi connectivity index (χ0n) is 15.7. The van der Waals surface area contributed by atoms with Gasteiger partial charge < -0.3 is 19.7 Å². The molecule has 1 aliphatic rings. The number of anilines is 2. The van der Waals surface area contributed by atoms with Gasteiger partial charge in [-0.1, -0.05) is 42.5 Å². The highest BCUT2D eigenvalue weighted by Crippen LogP contribution is 2.21. The highest BCUT2D eigenvalue weighted by Gasteiger charge is 2.33. The standard InChI is InChI=1S/C22H20N2O5/c1-2-13-24(17-11-7-4-8-12-17)19(26)15-29-22(27)20-18(25)14-28-21(20)23-16-9-5-3-6-10-16/h2-12,23H,1,13-15H2. The maximum absolute atomic E-state index is 12.6. The summed E-state index contributed by atoms with van der Waals surface area (Å²) in [7, 11) is 0. The van der Waals surface area contributed by atoms with E-state index in [1.807, 2.05) is 12.1 Å². The normalized spacial score (nSPS) is 12.9. The predicted molar refractivity (Wildman–Crippen MR) is 108 cm³/mol. The van der Waals surface area contributed by atoms with Crippen LogP contribution in [0.4, 0.5) is 11.4 Å². The minimum atomic E-state index is -0.911. The third-order valence-electron chi connectivity index (χ3n) is 4.10. The van der Waals surface area contributed by atoms with Crippen LogP contribution in [-0.4, -0.2) is 37.4 Å². The number of benzene rings is 2. The van der Waals surface area contributed by atoms with E-state index < -0.39 is 24.3 Å². The van der Waals surface area contributed by atoms with Gasteiger partial charge in [-0.15, -0.1) is 6.58 Å². The fraction of sp³-hybridized carbons (Fsp3) is 0.136. The molecule has 0 unspecified atom stereocenters. The molecule has 7 heteroatoms. The number of hydrogen-bond donors (Lipinski definition) is 1. The van der Waals surface area contributed by atoms with Crippen molar-refractivity contribution in [1.29, 1.82) is 0 Å². The zero-order chi connectivity index (χ0) is 20.6. The number of para-hydroxylation sites is 2. The van der Waals surface area contributed by atoms with Crippen LogP contribution in [0.25, 0.3) is 0 Å². The first-order valence-electron chi connectivity index (χ1n) is 8.96. The maximum atomic E-state index is 12.6. The summed E-state index contributed by atoms with van der Waals surface area (Å²) in [5, 5.41) is 2.89. The Morgan fingerprint density at radius 3 is 2.41 bits per heavy atom. The predicted octanol–water partition coefficient (Wildman–Crippen LogP) is 2.67. The Balaban J connectivity index is 1.69. The second-order valence-electron chi connectivity index (χ2n) is 6.11. The van der Waals surface area contributed by atoms with E-state index in [-0.39, 0.29) is 24.6 Å². The maximum Gasteiger partial charge on any atom is 0.347 e. The van der Waals surface area contributed by atoms with Crippen molar-refractivity contribution in [2.75, 3.05) is 30.0 Å². The molecule has 0 aliphatic carbocycles. The third-order valence-corrected chi connectivity index (χ3v) is 4.10. The quantitative estimate of drug-likeness (QED) is 0.422. The first-order valence-corrected chi connectivity index (χ1v) is 8.96. The average molecular weight is 392 g/mol. The SMILES string of the molecule is C=CCN(C(=O)COC(=O)C1=C(Nc2ccccc2)OCC1=O)c1ccccc1. The molecule has 1 heterocycles. The monoisotopic (exact) mass is 392 g/mol. The van der Waals surface area contributed by atoms with Crippen LogP contribution < -0.4 is 10.2 Å². The van der Waals surface area contributed by atoms with Crippen molar-refractivity contribution in [2.24, 2.45) is 0 Å². The van der Waals surface area contributed by atoms with Gasteiger partial charge in [-0.05, 0) is 24.3 Å². The van der Waals surface area contributed by atoms with Gasteiger partial charge in [0.1, 0.15) is 0 Å². The molecule has 0 fully saturated rings. The fourth-order valence-electron chi connectivity index (χ4n) is 2.73. The molecular weight excluding hydrogens is 372 g/mol. The summed E-state index contributed by atoms with van der Waals surface area (Å²) in [6.45, 7) is 3.12. The van der Waals surface area contributed by atoms with Gasteiger partial charge >= 0.3 is 5.97 Å². The molecule has 148 valence electrons. The first kappa shape index (κ1) is 19.9. The molecule has 0 saturated heterocycles. The number of hydrogen-bond acceptors (Lipinski definition) is 6. The van der Waals surface area contributed by atoms with E-state index >= 15 is 0 Å². The summed E-state index contributed by atoms with van der Waals surface area (Å²) in [6, 6.07) is 17.9. The van der Waals surface area contributed by atoms with Crippen LogP contribution in [0, 0.1) is 0 Å². The van der Waals surface area contributed by atoms with E-state index in [0.29, 0.717) is 11.4 Å². The van der Waals surface area contributed by atoms with Crippen LogP contribution in [-0.2, 0) is 23.9 Å². The van der Waals surface area contributed by atoms with Crippen molar-refractivity contribution in [3.05, 3.63) is 84.8 Å². The van der Waals surface area contributed by atoms with Crippen LogP contribution in [0.15, 0.2) is 84.8 Å². The summed E-state index contributed by atoms with van der Waals surface area (Å²) in [4.78, 5) is 38.5. The summed E-state index contributed by atoms with van der Waals surface area (Å²) < 4.78 is 10.4. The number of Topliss-reactive ketones (excluding diaryl/α,β-unsaturated/α-hetero) is 1. The molecule has 0 spiro atoms. The highest BCUT2D eigenvalue weighted by atomic mass is 16.5. The molecule has 3 rings (SSSR count). The molecule has 0 bridgehead atoms. The Bertz CT molecular complexity index is 938. The van der Waals surface area contributed by atoms with Crippen LogP contribution in [0.1, 0.15) is 0 Å². The number of carbonyl (C=O) groups excluding carboxylic acids is 3. The van der Waals surface area contributed by atoms with Crippen LogP contribution >= 0.6 is 0 Å². The second-order valence-corrected chi connectivity index (χ2v) is 6.11. The number of esters is 1. The summed E-state index contributed by atoms with van der Waals surface area (Å²) >= 11 is 0. The van der Waals surface area contributed by atoms with E-state index in [4.69, 9.17) is 9.47 Å². The molecule has 2 aromatic rings. The van der Waals surface area contributed by atoms with Crippen LogP contribution in [0.3, 0.4) is 0 Å². The molecule has 0 aromatic heterocycles. The Kier molecular flexibility index (Phi) is 6.42. The van der Waals surface area contributed by atoms with Crippen molar-refractivity contribution in [3.8, 4) is 0 Å². The minimum Gasteiger partial charge on any atom is -0.470 e. The number of ether oxygens (including phenoxy) is 2. The largest absolute Gasteiger partial charge is 0.470 e. The molecule has 2 aromatic carbocycles. The van der Waals surface area contributed by atoms with Gasteiger partial charge in [-0.25, -0.2) is 4.79 Å². The number of rotatable bonds is 8. The van der Waals surface area contributed by atoms with Crippen molar-refractivity contribution in [1.82, 2.24) is 0 Å². The number of ketones is 1. The first-order chi connectivity index (χ1) is 14.1. The van der Waals surface area contributed by atoms with Crippen molar-refractivity contribution >= 4 is 29.0 Å². The van der Waals surface area contributed by atoms with E-state index in [1.165, 1.54) is 4.90 Å². The van der Waals surface area contributed by atoms with Gasteiger partial charge in [0.05, 0.1) is 0 Å². The molecule has 29 heavy (non-hydrogen) atoms. The Morgan fingerprint density at radius 2 is 1.76 bits per heavy atom. The summed E-state index contributed by atoms with van der Waals surface area (Å²) in [5.74, 6) is -1.84. The van der Waals surface area contributed by atoms with E-state index in [0.717, 1.165) is 0 Å². The zero-order valence-corrected chi connectivity index (χ0v) is 15.7. The lowest BCUT2D eigenvalue weighted by Crippen LogP contribution is -2.35. The molecule has 1 N–H and O–H groups in total. The lowest BCUT2D eigenvalue weighted by atomic mass is 10.2. The molecule has 7 nitrogen and oxygen atoms in total. The van der Waals surface area contributed by atoms with E-state index in [1.54, 1.807) is 54.6 Å². The summed E-state index contributed by atoms with van der Waals surface area (Å²) in [5.41, 5.74) is 1.07. The van der Waals surface area contributed by atoms with Gasteiger partial charge in [-0.2, -0.15) is 0 Å². The van der Waals surface area contributed by atoms with Gasteiger partial charge in [0, 0.05) is 17.9 Å². The molecule has 1 amide bonds. The van der Waals surface area contributed by atoms with Gasteiger partial charge in [0.2, 0.25) is 11.7 Å². The summed E-state index contributed by atoms with van der Waals surface area (Å²) in [6.07, 6.45) is 1.57. The van der Waals surface area contributed by atoms with Crippen molar-refractivity contribution in [2.45, 2.75) is 0 Å². The van der Waals surface area contributed by atoms with Crippen molar-refractivity contribution in [3.63, 3.8) is 0 Å². The molecule has 0 atom stereocenters. The lowest BCUT2D eigenvalue weighted by Gasteiger charge is -2.21. The lowest BCUT2D eigenvalue weighted by molar-refractivity contribution is -0.144. The molecule has 1 aliphatic heterocycles. The topological polar surface area (TPSA) is 84.9 Å². The Hall–Kier alpha value is -3.87. The van der Waals surface area contributed by atoms with E-state index in [2.05, 4.69) is 11.9 Å². The smallest absolute Gasteiger partial charge is 0.347 e. The van der Waals surface area contributed by atoms with Crippen LogP contribution in [0.2, 0.25) is 0 Å². The highest BCUT2D eigenvalue weighted by molar-refractivity contribution is 6.20. The van der Waals surface area contributed by atoms with Crippen molar-refractivity contribution < 1.29 is 23.9 Å². The Morgan fingerprint density at radius 1 is 1.10 bits per heavy atom. The molecule has 0 radical (unpaired) electrons. The number of nitrogens with zero attached hydrogens (tertiary/aromatic N) is 1. The van der Waals surface area contributed by atoms with Gasteiger partial charge in [-0.3, -0.25) is 9.59 Å². The van der Waals surface area contributed by atoms with Gasteiger partial charge in [0.15, 0.2) is 18.8 Å². The Labute approximate surface area is 168 Å². The molecular formula is C22H20N2O5. The number of amides is 1. The fourth-order valence-corrected chi connectivity index (χ4v) is 2.73. The second kappa shape index (κ2) is 9.36. The third kappa shape index (κ3) is 4.90. The number of carbonyl (C=O) groups is 3. The average Bonchev–Trinajstić information content (AvgIpc) is 3.11. The van der Waals surface area contributed by atoms with E-state index in [9.17, 15) is 14.4 Å². The van der Waals surface area contributed by atoms with Crippen LogP contribution in [0.5, 0.6) is 0 Å². The minimum absolute atomic E-state index is 0.0182. The number of nitrogens with one attached hydrogen (secondary N) is 1. The van der Waals surface area contributed by atoms with Gasteiger partial charge in [0.25, 0.3) is 5.91 Å².